The molecule has 1 saturated heterocycles. The van der Waals surface area contributed by atoms with Gasteiger partial charge >= 0.3 is 5.97 Å². The number of nitrogens with zero attached hydrogens (tertiary/aromatic N) is 3. The second-order valence-electron chi connectivity index (χ2n) is 9.37. The van der Waals surface area contributed by atoms with Crippen LogP contribution in [0.25, 0.3) is 10.4 Å². The van der Waals surface area contributed by atoms with E-state index in [-0.39, 0.29) is 33.0 Å². The van der Waals surface area contributed by atoms with Gasteiger partial charge in [-0.3, -0.25) is 0 Å². The average molecular weight is 562 g/mol. The van der Waals surface area contributed by atoms with E-state index in [1.165, 1.54) is 0 Å². The maximum absolute atomic E-state index is 12.2. The number of hydrogen-bond acceptors (Lipinski definition) is 8. The van der Waals surface area contributed by atoms with Crippen molar-refractivity contribution < 1.29 is 33.2 Å². The van der Waals surface area contributed by atoms with Crippen LogP contribution in [0.5, 0.6) is 0 Å². The molecular weight excluding hydrogens is 526 g/mol. The average Bonchev–Trinajstić information content (AvgIpc) is 3.01. The number of ether oxygens (including phenoxy) is 6. The van der Waals surface area contributed by atoms with E-state index >= 15 is 0 Å². The Morgan fingerprint density at radius 3 is 1.85 bits per heavy atom. The number of carbonyl (C=O) groups is 1. The minimum atomic E-state index is -1.10. The van der Waals surface area contributed by atoms with E-state index in [0.717, 1.165) is 16.7 Å². The monoisotopic (exact) mass is 561 g/mol. The molecule has 41 heavy (non-hydrogen) atoms. The molecule has 216 valence electrons. The minimum Gasteiger partial charge on any atom is -0.464 e. The quantitative estimate of drug-likeness (QED) is 0.106. The van der Waals surface area contributed by atoms with Gasteiger partial charge in [0.15, 0.2) is 6.23 Å². The lowest BCUT2D eigenvalue weighted by Crippen LogP contribution is -2.61. The third kappa shape index (κ3) is 9.40. The van der Waals surface area contributed by atoms with Crippen LogP contribution in [0.4, 0.5) is 0 Å². The van der Waals surface area contributed by atoms with Crippen LogP contribution in [-0.2, 0) is 53.0 Å². The Hall–Kier alpha value is -3.76. The third-order valence-electron chi connectivity index (χ3n) is 6.44. The molecule has 0 aromatic heterocycles. The highest BCUT2D eigenvalue weighted by Crippen LogP contribution is 2.31. The molecule has 1 fully saturated rings. The molecule has 0 aliphatic carbocycles. The van der Waals surface area contributed by atoms with Crippen LogP contribution >= 0.6 is 0 Å². The van der Waals surface area contributed by atoms with Crippen LogP contribution in [0.1, 0.15) is 23.6 Å². The summed E-state index contributed by atoms with van der Waals surface area (Å²) in [4.78, 5) is 15.2. The summed E-state index contributed by atoms with van der Waals surface area (Å²) in [6.45, 7) is 2.55. The second-order valence-corrected chi connectivity index (χ2v) is 9.37. The Balaban J connectivity index is 1.60. The van der Waals surface area contributed by atoms with Gasteiger partial charge in [-0.25, -0.2) is 4.79 Å². The first-order valence-electron chi connectivity index (χ1n) is 13.6. The molecule has 4 rings (SSSR count). The largest absolute Gasteiger partial charge is 0.464 e. The van der Waals surface area contributed by atoms with E-state index in [2.05, 4.69) is 10.0 Å². The van der Waals surface area contributed by atoms with Crippen LogP contribution in [0, 0.1) is 0 Å². The molecule has 0 N–H and O–H groups in total. The normalized spacial score (nSPS) is 22.0. The smallest absolute Gasteiger partial charge is 0.332 e. The molecule has 1 aliphatic heterocycles. The van der Waals surface area contributed by atoms with Crippen LogP contribution in [0.2, 0.25) is 0 Å². The van der Waals surface area contributed by atoms with Crippen molar-refractivity contribution in [1.29, 1.82) is 0 Å². The summed E-state index contributed by atoms with van der Waals surface area (Å²) < 4.78 is 36.1. The summed E-state index contributed by atoms with van der Waals surface area (Å²) in [6, 6.07) is 29.1. The maximum atomic E-state index is 12.2. The zero-order valence-corrected chi connectivity index (χ0v) is 23.0. The molecule has 0 spiro atoms. The first kappa shape index (κ1) is 30.2. The lowest BCUT2D eigenvalue weighted by molar-refractivity contribution is -0.269. The number of rotatable bonds is 15. The summed E-state index contributed by atoms with van der Waals surface area (Å²) in [5.74, 6) is -0.552. The molecule has 3 aromatic carbocycles. The van der Waals surface area contributed by atoms with Crippen molar-refractivity contribution in [2.75, 3.05) is 19.8 Å². The highest BCUT2D eigenvalue weighted by Gasteiger charge is 2.48. The fourth-order valence-corrected chi connectivity index (χ4v) is 4.51. The van der Waals surface area contributed by atoms with E-state index in [1.54, 1.807) is 6.92 Å². The number of carbonyl (C=O) groups excluding carboxylic acids is 1. The van der Waals surface area contributed by atoms with Crippen LogP contribution in [-0.4, -0.2) is 56.4 Å². The number of azide groups is 1. The minimum absolute atomic E-state index is 0.140. The van der Waals surface area contributed by atoms with Crippen molar-refractivity contribution >= 4 is 5.97 Å². The molecule has 10 nitrogen and oxygen atoms in total. The maximum Gasteiger partial charge on any atom is 0.332 e. The zero-order valence-electron chi connectivity index (χ0n) is 23.0. The molecule has 1 aliphatic rings. The fraction of sp³-hybridized carbons (Fsp3) is 0.387. The third-order valence-corrected chi connectivity index (χ3v) is 6.44. The number of esters is 1. The Bertz CT molecular complexity index is 1230. The first-order chi connectivity index (χ1) is 20.2. The van der Waals surface area contributed by atoms with Crippen molar-refractivity contribution in [2.24, 2.45) is 5.11 Å². The first-order valence-corrected chi connectivity index (χ1v) is 13.6. The van der Waals surface area contributed by atoms with Crippen LogP contribution in [0.15, 0.2) is 96.1 Å². The van der Waals surface area contributed by atoms with Crippen molar-refractivity contribution in [2.45, 2.75) is 57.4 Å². The predicted octanol–water partition coefficient (Wildman–Crippen LogP) is 5.36. The molecule has 5 atom stereocenters. The molecule has 0 bridgehead atoms. The van der Waals surface area contributed by atoms with Gasteiger partial charge < -0.3 is 28.4 Å². The second kappa shape index (κ2) is 16.5. The van der Waals surface area contributed by atoms with E-state index in [0.29, 0.717) is 6.61 Å². The van der Waals surface area contributed by atoms with E-state index in [4.69, 9.17) is 28.4 Å². The highest BCUT2D eigenvalue weighted by atomic mass is 16.6. The van der Waals surface area contributed by atoms with Gasteiger partial charge in [-0.15, -0.1) is 0 Å². The molecule has 0 saturated carbocycles. The lowest BCUT2D eigenvalue weighted by atomic mass is 9.97. The van der Waals surface area contributed by atoms with Gasteiger partial charge in [0.2, 0.25) is 0 Å². The van der Waals surface area contributed by atoms with Gasteiger partial charge in [0.05, 0.1) is 33.0 Å². The van der Waals surface area contributed by atoms with Crippen LogP contribution < -0.4 is 0 Å². The van der Waals surface area contributed by atoms with Gasteiger partial charge in [-0.05, 0) is 29.1 Å². The van der Waals surface area contributed by atoms with Crippen molar-refractivity contribution in [1.82, 2.24) is 0 Å². The SMILES string of the molecule is CCOC(=O)CO[C@@H]1[C@@H](OCc2ccccc2)[C@H](OCc2ccccc2)[C@@H](COCc2ccccc2)O[C@H]1N=[N+]=[N-]. The summed E-state index contributed by atoms with van der Waals surface area (Å²) in [5.41, 5.74) is 12.2. The Labute approximate surface area is 239 Å². The van der Waals surface area contributed by atoms with Crippen LogP contribution in [0.3, 0.4) is 0 Å². The zero-order chi connectivity index (χ0) is 28.7. The highest BCUT2D eigenvalue weighted by molar-refractivity contribution is 5.70. The Morgan fingerprint density at radius 1 is 0.780 bits per heavy atom. The van der Waals surface area contributed by atoms with Gasteiger partial charge in [-0.1, -0.05) is 96.1 Å². The summed E-state index contributed by atoms with van der Waals surface area (Å²) >= 11 is 0. The standard InChI is InChI=1S/C31H35N3O7/c1-2-37-27(35)22-40-30-29(39-20-25-16-10-5-11-17-25)28(38-19-24-14-8-4-9-15-24)26(41-31(30)33-34-32)21-36-18-23-12-6-3-7-13-23/h3-17,26,28-31H,2,18-22H2,1H3/t26-,28-,29+,30-,31-/m1/s1. The molecule has 3 aromatic rings. The van der Waals surface area contributed by atoms with Gasteiger partial charge in [-0.2, -0.15) is 0 Å². The molecule has 1 heterocycles. The van der Waals surface area contributed by atoms with Crippen molar-refractivity contribution in [3.8, 4) is 0 Å². The number of hydrogen-bond donors (Lipinski definition) is 0. The summed E-state index contributed by atoms with van der Waals surface area (Å²) in [6.07, 6.45) is -4.18. The Morgan fingerprint density at radius 2 is 1.32 bits per heavy atom. The fourth-order valence-electron chi connectivity index (χ4n) is 4.51. The Kier molecular flexibility index (Phi) is 12.1. The topological polar surface area (TPSA) is 121 Å². The van der Waals surface area contributed by atoms with Crippen molar-refractivity contribution in [3.63, 3.8) is 0 Å². The summed E-state index contributed by atoms with van der Waals surface area (Å²) in [5, 5.41) is 3.85. The van der Waals surface area contributed by atoms with Gasteiger partial charge in [0, 0.05) is 4.91 Å². The number of benzene rings is 3. The van der Waals surface area contributed by atoms with E-state index in [9.17, 15) is 10.3 Å². The van der Waals surface area contributed by atoms with E-state index in [1.807, 2.05) is 91.0 Å². The molecule has 0 amide bonds. The molecule has 10 heteroatoms. The van der Waals surface area contributed by atoms with Crippen molar-refractivity contribution in [3.05, 3.63) is 118 Å². The molecule has 0 radical (unpaired) electrons. The lowest BCUT2D eigenvalue weighted by Gasteiger charge is -2.44. The predicted molar refractivity (Wildman–Crippen MR) is 150 cm³/mol. The van der Waals surface area contributed by atoms with Gasteiger partial charge in [0.1, 0.15) is 31.0 Å². The molecule has 0 unspecified atom stereocenters. The van der Waals surface area contributed by atoms with Gasteiger partial charge in [0.25, 0.3) is 0 Å². The molecular formula is C31H35N3O7. The summed E-state index contributed by atoms with van der Waals surface area (Å²) in [7, 11) is 0. The van der Waals surface area contributed by atoms with E-state index < -0.39 is 36.6 Å².